The molecule has 4 heteroatoms. The van der Waals surface area contributed by atoms with Crippen LogP contribution in [0.1, 0.15) is 24.3 Å². The number of piperidine rings is 1. The zero-order valence-electron chi connectivity index (χ0n) is 12.7. The lowest BCUT2D eigenvalue weighted by Gasteiger charge is -2.36. The lowest BCUT2D eigenvalue weighted by atomic mass is 9.89. The van der Waals surface area contributed by atoms with Crippen LogP contribution in [0.15, 0.2) is 30.3 Å². The molecule has 2 aliphatic heterocycles. The second kappa shape index (κ2) is 6.44. The minimum Gasteiger partial charge on any atom is -0.387 e. The van der Waals surface area contributed by atoms with Gasteiger partial charge in [-0.2, -0.15) is 0 Å². The Balaban J connectivity index is 1.66. The number of rotatable bonds is 4. The predicted octanol–water partition coefficient (Wildman–Crippen LogP) is 0.775. The fraction of sp³-hybridized carbons (Fsp3) is 0.647. The van der Waals surface area contributed by atoms with E-state index in [1.807, 2.05) is 0 Å². The Bertz CT molecular complexity index is 445. The average molecular weight is 289 g/mol. The zero-order chi connectivity index (χ0) is 14.7. The van der Waals surface area contributed by atoms with E-state index in [0.29, 0.717) is 24.9 Å². The molecule has 1 aromatic rings. The molecule has 0 amide bonds. The first kappa shape index (κ1) is 15.0. The molecule has 4 nitrogen and oxygen atoms in total. The highest BCUT2D eigenvalue weighted by molar-refractivity contribution is 5.22. The van der Waals surface area contributed by atoms with Gasteiger partial charge >= 0.3 is 0 Å². The molecule has 1 aromatic carbocycles. The van der Waals surface area contributed by atoms with E-state index in [9.17, 15) is 5.11 Å². The van der Waals surface area contributed by atoms with Crippen LogP contribution in [-0.4, -0.2) is 54.9 Å². The van der Waals surface area contributed by atoms with Crippen LogP contribution in [0.4, 0.5) is 0 Å². The van der Waals surface area contributed by atoms with Crippen molar-refractivity contribution in [3.05, 3.63) is 35.9 Å². The molecule has 0 bridgehead atoms. The summed E-state index contributed by atoms with van der Waals surface area (Å²) in [6.45, 7) is 5.23. The van der Waals surface area contributed by atoms with Crippen LogP contribution < -0.4 is 11.1 Å². The summed E-state index contributed by atoms with van der Waals surface area (Å²) in [5.74, 6) is 0.990. The summed E-state index contributed by atoms with van der Waals surface area (Å²) in [5, 5.41) is 14.0. The highest BCUT2D eigenvalue weighted by atomic mass is 16.3. The topological polar surface area (TPSA) is 61.5 Å². The quantitative estimate of drug-likeness (QED) is 0.766. The van der Waals surface area contributed by atoms with Gasteiger partial charge in [0.2, 0.25) is 0 Å². The summed E-state index contributed by atoms with van der Waals surface area (Å²) in [6.07, 6.45) is 1.96. The molecule has 3 rings (SSSR count). The average Bonchev–Trinajstić information content (AvgIpc) is 2.91. The summed E-state index contributed by atoms with van der Waals surface area (Å²) in [4.78, 5) is 2.40. The van der Waals surface area contributed by atoms with Crippen LogP contribution in [0.2, 0.25) is 0 Å². The van der Waals surface area contributed by atoms with Gasteiger partial charge in [-0.15, -0.1) is 0 Å². The zero-order valence-corrected chi connectivity index (χ0v) is 12.7. The van der Waals surface area contributed by atoms with E-state index < -0.39 is 5.60 Å². The minimum atomic E-state index is -0.566. The van der Waals surface area contributed by atoms with E-state index in [-0.39, 0.29) is 0 Å². The number of hydrogen-bond acceptors (Lipinski definition) is 4. The maximum Gasteiger partial charge on any atom is 0.0898 e. The molecule has 0 aliphatic carbocycles. The first-order chi connectivity index (χ1) is 10.2. The smallest absolute Gasteiger partial charge is 0.0898 e. The molecule has 2 aliphatic rings. The maximum atomic E-state index is 10.7. The molecule has 116 valence electrons. The Morgan fingerprint density at radius 1 is 1.29 bits per heavy atom. The molecule has 4 N–H and O–H groups in total. The van der Waals surface area contributed by atoms with Gasteiger partial charge in [-0.1, -0.05) is 30.3 Å². The van der Waals surface area contributed by atoms with Crippen molar-refractivity contribution in [2.75, 3.05) is 39.3 Å². The summed E-state index contributed by atoms with van der Waals surface area (Å²) in [7, 11) is 0. The number of likely N-dealkylation sites (tertiary alicyclic amines) is 1. The molecular weight excluding hydrogens is 262 g/mol. The molecule has 0 saturated carbocycles. The van der Waals surface area contributed by atoms with Crippen molar-refractivity contribution < 1.29 is 5.11 Å². The van der Waals surface area contributed by atoms with E-state index in [4.69, 9.17) is 5.73 Å². The normalized spacial score (nSPS) is 34.2. The molecule has 1 unspecified atom stereocenters. The van der Waals surface area contributed by atoms with Gasteiger partial charge in [0.25, 0.3) is 0 Å². The van der Waals surface area contributed by atoms with Gasteiger partial charge < -0.3 is 16.2 Å². The predicted molar refractivity (Wildman–Crippen MR) is 85.2 cm³/mol. The summed E-state index contributed by atoms with van der Waals surface area (Å²) in [6, 6.07) is 10.7. The van der Waals surface area contributed by atoms with Crippen molar-refractivity contribution in [2.45, 2.75) is 24.4 Å². The monoisotopic (exact) mass is 289 g/mol. The van der Waals surface area contributed by atoms with E-state index in [0.717, 1.165) is 39.0 Å². The Morgan fingerprint density at radius 3 is 2.76 bits per heavy atom. The molecule has 0 aromatic heterocycles. The molecule has 0 radical (unpaired) electrons. The number of hydrogen-bond donors (Lipinski definition) is 3. The molecule has 21 heavy (non-hydrogen) atoms. The molecular formula is C17H27N3O. The summed E-state index contributed by atoms with van der Waals surface area (Å²) >= 11 is 0. The number of nitrogens with one attached hydrogen (secondary N) is 1. The lowest BCUT2D eigenvalue weighted by molar-refractivity contribution is -0.0110. The van der Waals surface area contributed by atoms with Gasteiger partial charge in [-0.05, 0) is 37.4 Å². The van der Waals surface area contributed by atoms with E-state index in [1.165, 1.54) is 5.56 Å². The first-order valence-corrected chi connectivity index (χ1v) is 8.11. The van der Waals surface area contributed by atoms with Gasteiger partial charge in [0, 0.05) is 32.1 Å². The molecule has 2 saturated heterocycles. The maximum absolute atomic E-state index is 10.7. The summed E-state index contributed by atoms with van der Waals surface area (Å²) < 4.78 is 0. The van der Waals surface area contributed by atoms with Crippen molar-refractivity contribution in [1.29, 1.82) is 0 Å². The fourth-order valence-electron chi connectivity index (χ4n) is 3.91. The van der Waals surface area contributed by atoms with Crippen molar-refractivity contribution in [1.82, 2.24) is 10.2 Å². The molecule has 2 fully saturated rings. The fourth-order valence-corrected chi connectivity index (χ4v) is 3.91. The highest BCUT2D eigenvalue weighted by Crippen LogP contribution is 2.33. The van der Waals surface area contributed by atoms with Gasteiger partial charge in [0.15, 0.2) is 0 Å². The molecule has 3 atom stereocenters. The van der Waals surface area contributed by atoms with Crippen molar-refractivity contribution in [2.24, 2.45) is 11.7 Å². The van der Waals surface area contributed by atoms with Gasteiger partial charge in [0.05, 0.1) is 5.60 Å². The van der Waals surface area contributed by atoms with Crippen molar-refractivity contribution in [3.63, 3.8) is 0 Å². The van der Waals surface area contributed by atoms with Gasteiger partial charge in [-0.3, -0.25) is 4.90 Å². The van der Waals surface area contributed by atoms with Gasteiger partial charge in [0.1, 0.15) is 0 Å². The van der Waals surface area contributed by atoms with E-state index in [1.54, 1.807) is 0 Å². The Morgan fingerprint density at radius 2 is 2.10 bits per heavy atom. The number of nitrogens with zero attached hydrogens (tertiary/aromatic N) is 1. The van der Waals surface area contributed by atoms with E-state index in [2.05, 4.69) is 40.5 Å². The van der Waals surface area contributed by atoms with Crippen LogP contribution in [0, 0.1) is 5.92 Å². The second-order valence-electron chi connectivity index (χ2n) is 6.71. The van der Waals surface area contributed by atoms with Crippen LogP contribution >= 0.6 is 0 Å². The summed E-state index contributed by atoms with van der Waals surface area (Å²) in [5.41, 5.74) is 6.80. The third kappa shape index (κ3) is 3.46. The third-order valence-corrected chi connectivity index (χ3v) is 5.01. The molecule has 0 spiro atoms. The minimum absolute atomic E-state index is 0.493. The van der Waals surface area contributed by atoms with Crippen LogP contribution in [0.5, 0.6) is 0 Å². The van der Waals surface area contributed by atoms with Crippen molar-refractivity contribution >= 4 is 0 Å². The number of β-amino-alcohol motifs (C(OH)–C–C–N with tert-alkyl or cyclic N) is 1. The first-order valence-electron chi connectivity index (χ1n) is 8.11. The standard InChI is InChI=1S/C17H27N3O/c18-9-15-10-20(13-17(21)7-4-8-19-12-17)11-16(15)14-5-2-1-3-6-14/h1-3,5-6,15-16,19,21H,4,7-13,18H2/t15-,16+,17?/m1/s1. The van der Waals surface area contributed by atoms with Gasteiger partial charge in [-0.25, -0.2) is 0 Å². The largest absolute Gasteiger partial charge is 0.387 e. The Kier molecular flexibility index (Phi) is 4.60. The number of benzene rings is 1. The van der Waals surface area contributed by atoms with Crippen LogP contribution in [0.3, 0.4) is 0 Å². The molecule has 2 heterocycles. The SMILES string of the molecule is NC[C@@H]1CN(CC2(O)CCCNC2)C[C@H]1c1ccccc1. The van der Waals surface area contributed by atoms with E-state index >= 15 is 0 Å². The van der Waals surface area contributed by atoms with Crippen LogP contribution in [0.25, 0.3) is 0 Å². The second-order valence-corrected chi connectivity index (χ2v) is 6.71. The van der Waals surface area contributed by atoms with Crippen LogP contribution in [-0.2, 0) is 0 Å². The Hall–Kier alpha value is -0.940. The Labute approximate surface area is 127 Å². The lowest BCUT2D eigenvalue weighted by Crippen LogP contribution is -2.52. The number of aliphatic hydroxyl groups is 1. The number of nitrogens with two attached hydrogens (primary N) is 1. The van der Waals surface area contributed by atoms with Crippen molar-refractivity contribution in [3.8, 4) is 0 Å². The highest BCUT2D eigenvalue weighted by Gasteiger charge is 2.38. The third-order valence-electron chi connectivity index (χ3n) is 5.01.